The molecule has 0 aromatic rings. The second-order valence-corrected chi connectivity index (χ2v) is 4.69. The van der Waals surface area contributed by atoms with Crippen LogP contribution in [0.2, 0.25) is 0 Å². The van der Waals surface area contributed by atoms with Crippen molar-refractivity contribution < 1.29 is 26.4 Å². The lowest BCUT2D eigenvalue weighted by Gasteiger charge is -2.23. The molecule has 0 N–H and O–H groups in total. The molecule has 0 heterocycles. The van der Waals surface area contributed by atoms with E-state index in [-0.39, 0.29) is 18.4 Å². The van der Waals surface area contributed by atoms with Crippen molar-refractivity contribution in [3.63, 3.8) is 0 Å². The van der Waals surface area contributed by atoms with Gasteiger partial charge in [0.05, 0.1) is 21.1 Å². The first-order valence-electron chi connectivity index (χ1n) is 5.42. The molecule has 3 nitrogen and oxygen atoms in total. The summed E-state index contributed by atoms with van der Waals surface area (Å²) in [6.07, 6.45) is 3.79. The highest BCUT2D eigenvalue weighted by molar-refractivity contribution is 5.69. The Morgan fingerprint density at radius 3 is 2.27 bits per heavy atom. The fourth-order valence-electron chi connectivity index (χ4n) is 1.02. The van der Waals surface area contributed by atoms with Gasteiger partial charge in [0.25, 0.3) is 0 Å². The number of esters is 1. The number of ether oxygens (including phenoxy) is 1. The Morgan fingerprint density at radius 2 is 1.80 bits per heavy atom. The van der Waals surface area contributed by atoms with E-state index in [4.69, 9.17) is 4.74 Å². The Balaban J connectivity index is 0. The average Bonchev–Trinajstić information content (AvgIpc) is 2.02. The summed E-state index contributed by atoms with van der Waals surface area (Å²) in [6, 6.07) is 0. The van der Waals surface area contributed by atoms with Crippen LogP contribution in [0.3, 0.4) is 0 Å². The van der Waals surface area contributed by atoms with Gasteiger partial charge in [-0.05, 0) is 6.42 Å². The van der Waals surface area contributed by atoms with E-state index in [2.05, 4.69) is 28.1 Å². The molecule has 15 heavy (non-hydrogen) atoms. The van der Waals surface area contributed by atoms with Gasteiger partial charge < -0.3 is 21.6 Å². The number of nitrogens with zero attached hydrogens (tertiary/aromatic N) is 1. The molecule has 0 aromatic heterocycles. The zero-order valence-corrected chi connectivity index (χ0v) is 11.1. The Labute approximate surface area is 99.8 Å². The van der Waals surface area contributed by atoms with E-state index < -0.39 is 0 Å². The highest BCUT2D eigenvalue weighted by Crippen LogP contribution is 2.00. The molecule has 0 saturated carbocycles. The number of carbonyl (C=O) groups excluding carboxylic acids is 1. The van der Waals surface area contributed by atoms with Crippen molar-refractivity contribution in [3.8, 4) is 0 Å². The maximum Gasteiger partial charge on any atom is 0.305 e. The number of halogens is 1. The summed E-state index contributed by atoms with van der Waals surface area (Å²) in [6.45, 7) is 3.54. The lowest BCUT2D eigenvalue weighted by atomic mass is 10.2. The summed E-state index contributed by atoms with van der Waals surface area (Å²) < 4.78 is 5.95. The smallest absolute Gasteiger partial charge is 0.305 e. The molecule has 0 saturated heterocycles. The van der Waals surface area contributed by atoms with Crippen molar-refractivity contribution in [3.05, 3.63) is 0 Å². The second kappa shape index (κ2) is 8.98. The van der Waals surface area contributed by atoms with E-state index in [1.54, 1.807) is 0 Å². The molecule has 0 radical (unpaired) electrons. The third-order valence-corrected chi connectivity index (χ3v) is 2.01. The molecular weight excluding hydrogens is 214 g/mol. The maximum absolute atomic E-state index is 11.2. The number of rotatable bonds is 7. The number of quaternary nitrogens is 1. The zero-order valence-electron chi connectivity index (χ0n) is 10.4. The first-order valence-corrected chi connectivity index (χ1v) is 5.42. The molecule has 4 heteroatoms. The molecule has 0 spiro atoms. The molecule has 0 aromatic carbocycles. The normalized spacial score (nSPS) is 10.7. The van der Waals surface area contributed by atoms with Crippen LogP contribution in [-0.4, -0.2) is 44.7 Å². The summed E-state index contributed by atoms with van der Waals surface area (Å²) in [5, 5.41) is 0. The lowest BCUT2D eigenvalue weighted by molar-refractivity contribution is -0.870. The third kappa shape index (κ3) is 13.7. The van der Waals surface area contributed by atoms with Crippen molar-refractivity contribution in [2.45, 2.75) is 32.6 Å². The van der Waals surface area contributed by atoms with Crippen molar-refractivity contribution in [1.82, 2.24) is 0 Å². The van der Waals surface area contributed by atoms with Crippen LogP contribution >= 0.6 is 0 Å². The van der Waals surface area contributed by atoms with Gasteiger partial charge in [-0.15, -0.1) is 0 Å². The number of unbranched alkanes of at least 4 members (excludes halogenated alkanes) is 2. The molecule has 0 aliphatic rings. The van der Waals surface area contributed by atoms with E-state index in [9.17, 15) is 4.79 Å². The van der Waals surface area contributed by atoms with Gasteiger partial charge in [0.2, 0.25) is 0 Å². The Bertz CT molecular complexity index is 166. The Morgan fingerprint density at radius 1 is 1.20 bits per heavy atom. The minimum absolute atomic E-state index is 0. The molecular formula is C11H24ClNO2. The minimum atomic E-state index is -0.0492. The van der Waals surface area contributed by atoms with E-state index in [1.165, 1.54) is 0 Å². The maximum atomic E-state index is 11.2. The number of hydrogen-bond acceptors (Lipinski definition) is 2. The van der Waals surface area contributed by atoms with Gasteiger partial charge in [-0.3, -0.25) is 4.79 Å². The predicted octanol–water partition coefficient (Wildman–Crippen LogP) is -1.18. The van der Waals surface area contributed by atoms with Crippen LogP contribution in [0, 0.1) is 0 Å². The molecule has 0 aliphatic heterocycles. The van der Waals surface area contributed by atoms with Crippen LogP contribution in [-0.2, 0) is 9.53 Å². The summed E-state index contributed by atoms with van der Waals surface area (Å²) in [5.41, 5.74) is 0. The van der Waals surface area contributed by atoms with Crippen molar-refractivity contribution in [1.29, 1.82) is 0 Å². The fraction of sp³-hybridized carbons (Fsp3) is 0.909. The monoisotopic (exact) mass is 237 g/mol. The van der Waals surface area contributed by atoms with Gasteiger partial charge in [-0.2, -0.15) is 0 Å². The molecule has 0 atom stereocenters. The second-order valence-electron chi connectivity index (χ2n) is 4.69. The molecule has 0 unspecified atom stereocenters. The van der Waals surface area contributed by atoms with E-state index in [0.717, 1.165) is 30.3 Å². The van der Waals surface area contributed by atoms with Crippen LogP contribution in [0.25, 0.3) is 0 Å². The summed E-state index contributed by atoms with van der Waals surface area (Å²) in [4.78, 5) is 11.2. The average molecular weight is 238 g/mol. The molecule has 0 bridgehead atoms. The highest BCUT2D eigenvalue weighted by atomic mass is 35.5. The molecule has 0 rings (SSSR count). The van der Waals surface area contributed by atoms with Crippen LogP contribution < -0.4 is 12.4 Å². The highest BCUT2D eigenvalue weighted by Gasteiger charge is 2.08. The summed E-state index contributed by atoms with van der Waals surface area (Å²) in [5.74, 6) is -0.0492. The van der Waals surface area contributed by atoms with Crippen LogP contribution in [0.4, 0.5) is 0 Å². The fourth-order valence-corrected chi connectivity index (χ4v) is 1.02. The number of carbonyl (C=O) groups is 1. The van der Waals surface area contributed by atoms with Crippen LogP contribution in [0.15, 0.2) is 0 Å². The Kier molecular flexibility index (Phi) is 10.3. The van der Waals surface area contributed by atoms with Crippen molar-refractivity contribution in [2.75, 3.05) is 34.3 Å². The van der Waals surface area contributed by atoms with Gasteiger partial charge in [-0.1, -0.05) is 19.8 Å². The summed E-state index contributed by atoms with van der Waals surface area (Å²) in [7, 11) is 6.26. The predicted molar refractivity (Wildman–Crippen MR) is 58.0 cm³/mol. The SMILES string of the molecule is CCCCCC(=O)OCC[N+](C)(C)C.[Cl-]. The number of hydrogen-bond donors (Lipinski definition) is 0. The van der Waals surface area contributed by atoms with Crippen molar-refractivity contribution >= 4 is 5.97 Å². The first kappa shape index (κ1) is 17.1. The molecule has 0 fully saturated rings. The Hall–Kier alpha value is -0.280. The minimum Gasteiger partial charge on any atom is -1.00 e. The van der Waals surface area contributed by atoms with Gasteiger partial charge in [-0.25, -0.2) is 0 Å². The largest absolute Gasteiger partial charge is 1.00 e. The zero-order chi connectivity index (χ0) is 11.0. The van der Waals surface area contributed by atoms with Crippen LogP contribution in [0.1, 0.15) is 32.6 Å². The van der Waals surface area contributed by atoms with Gasteiger partial charge in [0.15, 0.2) is 0 Å². The van der Waals surface area contributed by atoms with Crippen molar-refractivity contribution in [2.24, 2.45) is 0 Å². The lowest BCUT2D eigenvalue weighted by Crippen LogP contribution is -3.00. The van der Waals surface area contributed by atoms with Gasteiger partial charge in [0.1, 0.15) is 13.2 Å². The van der Waals surface area contributed by atoms with E-state index >= 15 is 0 Å². The number of likely N-dealkylation sites (N-methyl/N-ethyl adjacent to an activating group) is 1. The molecule has 0 amide bonds. The van der Waals surface area contributed by atoms with E-state index in [0.29, 0.717) is 13.0 Å². The van der Waals surface area contributed by atoms with Gasteiger partial charge in [0, 0.05) is 6.42 Å². The van der Waals surface area contributed by atoms with Crippen LogP contribution in [0.5, 0.6) is 0 Å². The third-order valence-electron chi connectivity index (χ3n) is 2.01. The quantitative estimate of drug-likeness (QED) is 0.317. The van der Waals surface area contributed by atoms with Gasteiger partial charge >= 0.3 is 5.97 Å². The standard InChI is InChI=1S/C11H24NO2.ClH/c1-5-6-7-8-11(13)14-10-9-12(2,3)4;/h5-10H2,1-4H3;1H/q+1;/p-1. The topological polar surface area (TPSA) is 26.3 Å². The summed E-state index contributed by atoms with van der Waals surface area (Å²) >= 11 is 0. The van der Waals surface area contributed by atoms with E-state index in [1.807, 2.05) is 0 Å². The molecule has 92 valence electrons. The molecule has 0 aliphatic carbocycles. The first-order chi connectivity index (χ1) is 6.45.